The first-order valence-corrected chi connectivity index (χ1v) is 8.16. The van der Waals surface area contributed by atoms with Crippen LogP contribution >= 0.6 is 27.5 Å². The maximum Gasteiger partial charge on any atom is 0.260 e. The number of rotatable bonds is 6. The summed E-state index contributed by atoms with van der Waals surface area (Å²) in [6, 6.07) is 15.2. The van der Waals surface area contributed by atoms with Gasteiger partial charge in [-0.15, -0.1) is 0 Å². The molecule has 2 aromatic carbocycles. The molecule has 0 bridgehead atoms. The van der Waals surface area contributed by atoms with E-state index in [2.05, 4.69) is 21.2 Å². The average Bonchev–Trinajstić information content (AvgIpc) is 2.51. The third-order valence-corrected chi connectivity index (χ3v) is 3.98. The molecule has 0 heterocycles. The zero-order valence-corrected chi connectivity index (χ0v) is 14.5. The number of carbonyl (C=O) groups is 1. The number of carbonyl (C=O) groups excluding carboxylic acids is 1. The third-order valence-electron chi connectivity index (χ3n) is 3.12. The van der Waals surface area contributed by atoms with Crippen molar-refractivity contribution in [2.24, 2.45) is 0 Å². The molecule has 5 heteroatoms. The highest BCUT2D eigenvalue weighted by atomic mass is 79.9. The first-order valence-electron chi connectivity index (χ1n) is 6.99. The Bertz CT molecular complexity index is 634. The summed E-state index contributed by atoms with van der Waals surface area (Å²) in [6.07, 6.45) is 0.220. The molecule has 0 spiro atoms. The summed E-state index contributed by atoms with van der Waals surface area (Å²) in [4.78, 5) is 12.0. The Morgan fingerprint density at radius 1 is 1.27 bits per heavy atom. The van der Waals surface area contributed by atoms with Crippen LogP contribution in [-0.4, -0.2) is 18.6 Å². The lowest BCUT2D eigenvalue weighted by atomic mass is 10.1. The van der Waals surface area contributed by atoms with Crippen LogP contribution in [0.5, 0.6) is 5.75 Å². The van der Waals surface area contributed by atoms with Crippen molar-refractivity contribution in [2.45, 2.75) is 19.4 Å². The van der Waals surface area contributed by atoms with Crippen LogP contribution in [0.3, 0.4) is 0 Å². The normalized spacial score (nSPS) is 11.8. The minimum absolute atomic E-state index is 0.141. The molecule has 0 unspecified atom stereocenters. The van der Waals surface area contributed by atoms with Crippen LogP contribution in [0.2, 0.25) is 5.02 Å². The molecular weight excluding hydrogens is 366 g/mol. The van der Waals surface area contributed by atoms with Crippen LogP contribution in [0.1, 0.15) is 12.5 Å². The van der Waals surface area contributed by atoms with Gasteiger partial charge in [-0.25, -0.2) is 0 Å². The maximum atomic E-state index is 12.0. The second-order valence-corrected chi connectivity index (χ2v) is 6.15. The first-order chi connectivity index (χ1) is 10.6. The molecule has 0 fully saturated rings. The quantitative estimate of drug-likeness (QED) is 0.812. The van der Waals surface area contributed by atoms with Gasteiger partial charge < -0.3 is 10.1 Å². The predicted molar refractivity (Wildman–Crippen MR) is 92.4 cm³/mol. The fraction of sp³-hybridized carbons (Fsp3) is 0.235. The molecule has 1 N–H and O–H groups in total. The lowest BCUT2D eigenvalue weighted by Gasteiger charge is -2.16. The molecule has 0 aliphatic heterocycles. The molecule has 1 amide bonds. The summed E-state index contributed by atoms with van der Waals surface area (Å²) in [6.45, 7) is 2.30. The lowest BCUT2D eigenvalue weighted by molar-refractivity contribution is -0.127. The van der Waals surface area contributed by atoms with E-state index in [1.807, 2.05) is 30.3 Å². The fourth-order valence-corrected chi connectivity index (χ4v) is 2.71. The van der Waals surface area contributed by atoms with E-state index in [9.17, 15) is 4.79 Å². The molecule has 1 atom stereocenters. The Hall–Kier alpha value is -1.52. The van der Waals surface area contributed by atoms with E-state index < -0.39 is 6.10 Å². The van der Waals surface area contributed by atoms with Gasteiger partial charge in [-0.05, 0) is 53.0 Å². The zero-order chi connectivity index (χ0) is 15.9. The van der Waals surface area contributed by atoms with Crippen molar-refractivity contribution in [1.82, 2.24) is 5.32 Å². The van der Waals surface area contributed by atoms with Gasteiger partial charge in [0.1, 0.15) is 5.75 Å². The topological polar surface area (TPSA) is 38.3 Å². The number of benzene rings is 2. The third kappa shape index (κ3) is 5.04. The van der Waals surface area contributed by atoms with Crippen molar-refractivity contribution < 1.29 is 9.53 Å². The second kappa shape index (κ2) is 8.20. The second-order valence-electron chi connectivity index (χ2n) is 4.86. The van der Waals surface area contributed by atoms with E-state index in [-0.39, 0.29) is 5.91 Å². The molecule has 2 aromatic rings. The van der Waals surface area contributed by atoms with Gasteiger partial charge in [0.05, 0.1) is 4.47 Å². The van der Waals surface area contributed by atoms with Crippen LogP contribution in [0.15, 0.2) is 53.0 Å². The average molecular weight is 383 g/mol. The maximum absolute atomic E-state index is 12.0. The van der Waals surface area contributed by atoms with E-state index in [4.69, 9.17) is 16.3 Å². The minimum atomic E-state index is -0.576. The summed E-state index contributed by atoms with van der Waals surface area (Å²) in [7, 11) is 0. The molecule has 0 aliphatic carbocycles. The van der Waals surface area contributed by atoms with E-state index in [1.165, 1.54) is 5.56 Å². The van der Waals surface area contributed by atoms with Crippen molar-refractivity contribution in [3.05, 3.63) is 63.6 Å². The van der Waals surface area contributed by atoms with Gasteiger partial charge in [-0.3, -0.25) is 4.79 Å². The van der Waals surface area contributed by atoms with Crippen LogP contribution < -0.4 is 10.1 Å². The Labute approximate surface area is 143 Å². The van der Waals surface area contributed by atoms with Crippen molar-refractivity contribution in [3.63, 3.8) is 0 Å². The van der Waals surface area contributed by atoms with E-state index in [0.717, 1.165) is 10.9 Å². The SMILES string of the molecule is C[C@@H](Oc1ccc(Cl)cc1Br)C(=O)NCCc1ccccc1. The van der Waals surface area contributed by atoms with E-state index in [0.29, 0.717) is 17.3 Å². The molecule has 2 rings (SSSR count). The molecule has 0 aliphatic rings. The standard InChI is InChI=1S/C17H17BrClNO2/c1-12(22-16-8-7-14(19)11-15(16)18)17(21)20-10-9-13-5-3-2-4-6-13/h2-8,11-12H,9-10H2,1H3,(H,20,21)/t12-/m1/s1. The number of amides is 1. The molecular formula is C17H17BrClNO2. The number of nitrogens with one attached hydrogen (secondary N) is 1. The number of hydrogen-bond acceptors (Lipinski definition) is 2. The Balaban J connectivity index is 1.82. The number of hydrogen-bond donors (Lipinski definition) is 1. The highest BCUT2D eigenvalue weighted by Gasteiger charge is 2.15. The van der Waals surface area contributed by atoms with Crippen molar-refractivity contribution in [3.8, 4) is 5.75 Å². The molecule has 3 nitrogen and oxygen atoms in total. The zero-order valence-electron chi connectivity index (χ0n) is 12.2. The summed E-state index contributed by atoms with van der Waals surface area (Å²) in [5.74, 6) is 0.452. The molecule has 116 valence electrons. The molecule has 0 saturated carbocycles. The summed E-state index contributed by atoms with van der Waals surface area (Å²) in [5.41, 5.74) is 1.19. The van der Waals surface area contributed by atoms with Crippen LogP contribution in [0, 0.1) is 0 Å². The lowest BCUT2D eigenvalue weighted by Crippen LogP contribution is -2.37. The van der Waals surface area contributed by atoms with Crippen molar-refractivity contribution >= 4 is 33.4 Å². The molecule has 0 aromatic heterocycles. The first kappa shape index (κ1) is 16.8. The highest BCUT2D eigenvalue weighted by Crippen LogP contribution is 2.28. The van der Waals surface area contributed by atoms with Gasteiger partial charge >= 0.3 is 0 Å². The van der Waals surface area contributed by atoms with Crippen molar-refractivity contribution in [1.29, 1.82) is 0 Å². The van der Waals surface area contributed by atoms with Crippen molar-refractivity contribution in [2.75, 3.05) is 6.54 Å². The van der Waals surface area contributed by atoms with Gasteiger partial charge in [-0.2, -0.15) is 0 Å². The Kier molecular flexibility index (Phi) is 6.28. The van der Waals surface area contributed by atoms with Gasteiger partial charge in [0.15, 0.2) is 6.10 Å². The largest absolute Gasteiger partial charge is 0.480 e. The van der Waals surface area contributed by atoms with Gasteiger partial charge in [0.2, 0.25) is 0 Å². The Morgan fingerprint density at radius 3 is 2.68 bits per heavy atom. The summed E-state index contributed by atoms with van der Waals surface area (Å²) in [5, 5.41) is 3.49. The van der Waals surface area contributed by atoms with Gasteiger partial charge in [0, 0.05) is 11.6 Å². The van der Waals surface area contributed by atoms with E-state index >= 15 is 0 Å². The summed E-state index contributed by atoms with van der Waals surface area (Å²) < 4.78 is 6.37. The smallest absolute Gasteiger partial charge is 0.260 e. The molecule has 0 radical (unpaired) electrons. The van der Waals surface area contributed by atoms with Crippen LogP contribution in [0.4, 0.5) is 0 Å². The van der Waals surface area contributed by atoms with E-state index in [1.54, 1.807) is 25.1 Å². The monoisotopic (exact) mass is 381 g/mol. The Morgan fingerprint density at radius 2 is 2.00 bits per heavy atom. The molecule has 22 heavy (non-hydrogen) atoms. The van der Waals surface area contributed by atoms with Crippen LogP contribution in [0.25, 0.3) is 0 Å². The predicted octanol–water partition coefficient (Wildman–Crippen LogP) is 4.23. The van der Waals surface area contributed by atoms with Gasteiger partial charge in [0.25, 0.3) is 5.91 Å². The highest BCUT2D eigenvalue weighted by molar-refractivity contribution is 9.10. The van der Waals surface area contributed by atoms with Crippen LogP contribution in [-0.2, 0) is 11.2 Å². The minimum Gasteiger partial charge on any atom is -0.480 e. The molecule has 0 saturated heterocycles. The van der Waals surface area contributed by atoms with Gasteiger partial charge in [-0.1, -0.05) is 41.9 Å². The fourth-order valence-electron chi connectivity index (χ4n) is 1.93. The number of ether oxygens (including phenoxy) is 1. The number of halogens is 2. The summed E-state index contributed by atoms with van der Waals surface area (Å²) >= 11 is 9.24.